The lowest BCUT2D eigenvalue weighted by molar-refractivity contribution is -0.113. The van der Waals surface area contributed by atoms with Gasteiger partial charge in [-0.15, -0.1) is 11.3 Å². The number of anilines is 1. The maximum absolute atomic E-state index is 12.8. The predicted octanol–water partition coefficient (Wildman–Crippen LogP) is 7.55. The predicted molar refractivity (Wildman–Crippen MR) is 153 cm³/mol. The van der Waals surface area contributed by atoms with Crippen molar-refractivity contribution in [2.75, 3.05) is 11.1 Å². The number of para-hydroxylation sites is 2. The monoisotopic (exact) mass is 518 g/mol. The third-order valence-corrected chi connectivity index (χ3v) is 7.89. The third-order valence-electron chi connectivity index (χ3n) is 5.86. The van der Waals surface area contributed by atoms with Gasteiger partial charge < -0.3 is 5.32 Å². The molecule has 0 radical (unpaired) electrons. The number of nitrogens with zero attached hydrogens (tertiary/aromatic N) is 3. The highest BCUT2D eigenvalue weighted by Crippen LogP contribution is 2.32. The lowest BCUT2D eigenvalue weighted by atomic mass is 10.1. The van der Waals surface area contributed by atoms with Crippen LogP contribution in [-0.4, -0.2) is 26.2 Å². The van der Waals surface area contributed by atoms with Crippen LogP contribution in [0, 0.1) is 0 Å². The van der Waals surface area contributed by atoms with Crippen molar-refractivity contribution in [1.29, 1.82) is 0 Å². The molecule has 0 fully saturated rings. The molecule has 0 bridgehead atoms. The summed E-state index contributed by atoms with van der Waals surface area (Å²) in [4.78, 5) is 22.2. The molecule has 5 nitrogen and oxygen atoms in total. The highest BCUT2D eigenvalue weighted by Gasteiger charge is 2.15. The van der Waals surface area contributed by atoms with Gasteiger partial charge >= 0.3 is 0 Å². The largest absolute Gasteiger partial charge is 0.325 e. The summed E-state index contributed by atoms with van der Waals surface area (Å²) in [5.74, 6) is 0.166. The molecule has 6 rings (SSSR count). The maximum atomic E-state index is 12.8. The van der Waals surface area contributed by atoms with Gasteiger partial charge in [-0.25, -0.2) is 9.97 Å². The van der Waals surface area contributed by atoms with E-state index in [2.05, 4.69) is 33.1 Å². The van der Waals surface area contributed by atoms with Crippen molar-refractivity contribution < 1.29 is 4.79 Å². The third kappa shape index (κ3) is 5.05. The molecule has 0 atom stereocenters. The van der Waals surface area contributed by atoms with Gasteiger partial charge in [0.25, 0.3) is 0 Å². The molecule has 4 aromatic carbocycles. The van der Waals surface area contributed by atoms with Crippen LogP contribution < -0.4 is 5.32 Å². The van der Waals surface area contributed by atoms with E-state index in [1.54, 1.807) is 11.3 Å². The summed E-state index contributed by atoms with van der Waals surface area (Å²) in [6.45, 7) is 0. The number of amides is 1. The topological polar surface area (TPSA) is 59.8 Å². The minimum absolute atomic E-state index is 0.0818. The van der Waals surface area contributed by atoms with Crippen LogP contribution in [0.25, 0.3) is 37.7 Å². The molecule has 2 aromatic heterocycles. The van der Waals surface area contributed by atoms with Crippen LogP contribution in [0.3, 0.4) is 0 Å². The second kappa shape index (κ2) is 10.4. The molecule has 0 aliphatic heterocycles. The van der Waals surface area contributed by atoms with Crippen LogP contribution >= 0.6 is 23.1 Å². The molecular weight excluding hydrogens is 496 g/mol. The van der Waals surface area contributed by atoms with Crippen molar-refractivity contribution in [3.8, 4) is 27.5 Å². The van der Waals surface area contributed by atoms with Crippen molar-refractivity contribution >= 4 is 44.9 Å². The van der Waals surface area contributed by atoms with Crippen molar-refractivity contribution in [3.63, 3.8) is 0 Å². The van der Waals surface area contributed by atoms with Crippen molar-refractivity contribution in [1.82, 2.24) is 14.5 Å². The molecule has 1 N–H and O–H groups in total. The molecule has 0 saturated carbocycles. The maximum Gasteiger partial charge on any atom is 0.234 e. The van der Waals surface area contributed by atoms with E-state index in [-0.39, 0.29) is 11.7 Å². The number of carbonyl (C=O) groups is 1. The Morgan fingerprint density at radius 3 is 2.27 bits per heavy atom. The molecule has 1 amide bonds. The Bertz CT molecular complexity index is 1630. The van der Waals surface area contributed by atoms with Crippen LogP contribution in [0.2, 0.25) is 0 Å². The first-order valence-corrected chi connectivity index (χ1v) is 13.6. The van der Waals surface area contributed by atoms with Crippen LogP contribution in [0.1, 0.15) is 0 Å². The first-order chi connectivity index (χ1) is 18.2. The first-order valence-electron chi connectivity index (χ1n) is 11.8. The average molecular weight is 519 g/mol. The normalized spacial score (nSPS) is 11.0. The molecule has 0 spiro atoms. The molecule has 180 valence electrons. The Balaban J connectivity index is 1.16. The highest BCUT2D eigenvalue weighted by molar-refractivity contribution is 7.99. The van der Waals surface area contributed by atoms with Gasteiger partial charge in [-0.3, -0.25) is 9.36 Å². The molecule has 7 heteroatoms. The second-order valence-corrected chi connectivity index (χ2v) is 10.3. The molecule has 0 saturated heterocycles. The summed E-state index contributed by atoms with van der Waals surface area (Å²) in [6, 6.07) is 36.2. The summed E-state index contributed by atoms with van der Waals surface area (Å²) >= 11 is 3.08. The smallest absolute Gasteiger partial charge is 0.234 e. The zero-order chi connectivity index (χ0) is 25.0. The lowest BCUT2D eigenvalue weighted by Gasteiger charge is -2.12. The number of aromatic nitrogens is 3. The Kier molecular flexibility index (Phi) is 6.54. The fourth-order valence-electron chi connectivity index (χ4n) is 4.09. The van der Waals surface area contributed by atoms with E-state index in [9.17, 15) is 4.79 Å². The summed E-state index contributed by atoms with van der Waals surface area (Å²) in [5, 5.41) is 4.74. The lowest BCUT2D eigenvalue weighted by Crippen LogP contribution is -2.14. The van der Waals surface area contributed by atoms with Crippen LogP contribution in [0.4, 0.5) is 5.69 Å². The van der Waals surface area contributed by atoms with Gasteiger partial charge in [0.1, 0.15) is 5.01 Å². The van der Waals surface area contributed by atoms with Crippen molar-refractivity contribution in [2.45, 2.75) is 5.16 Å². The van der Waals surface area contributed by atoms with Gasteiger partial charge in [0, 0.05) is 22.5 Å². The van der Waals surface area contributed by atoms with E-state index in [1.165, 1.54) is 11.8 Å². The fraction of sp³-hybridized carbons (Fsp3) is 0.0333. The summed E-state index contributed by atoms with van der Waals surface area (Å²) < 4.78 is 3.26. The number of hydrogen-bond donors (Lipinski definition) is 1. The van der Waals surface area contributed by atoms with E-state index in [0.29, 0.717) is 0 Å². The Labute approximate surface area is 222 Å². The number of nitrogens with one attached hydrogen (secondary N) is 1. The number of hydrogen-bond acceptors (Lipinski definition) is 5. The molecule has 2 heterocycles. The number of thioether (sulfide) groups is 1. The fourth-order valence-corrected chi connectivity index (χ4v) is 5.86. The van der Waals surface area contributed by atoms with Crippen LogP contribution in [0.15, 0.2) is 121 Å². The minimum atomic E-state index is -0.0818. The Hall–Kier alpha value is -4.20. The number of carbonyl (C=O) groups excluding carboxylic acids is 1. The molecule has 0 unspecified atom stereocenters. The molecule has 37 heavy (non-hydrogen) atoms. The number of fused-ring (bicyclic) bond motifs is 1. The average Bonchev–Trinajstić information content (AvgIpc) is 3.58. The number of rotatable bonds is 7. The van der Waals surface area contributed by atoms with Gasteiger partial charge in [0.15, 0.2) is 5.16 Å². The minimum Gasteiger partial charge on any atom is -0.325 e. The van der Waals surface area contributed by atoms with Gasteiger partial charge in [0.2, 0.25) is 5.91 Å². The van der Waals surface area contributed by atoms with E-state index in [4.69, 9.17) is 4.98 Å². The van der Waals surface area contributed by atoms with Crippen molar-refractivity contribution in [2.24, 2.45) is 0 Å². The van der Waals surface area contributed by atoms with Crippen LogP contribution in [-0.2, 0) is 4.79 Å². The van der Waals surface area contributed by atoms with E-state index in [1.807, 2.05) is 97.2 Å². The summed E-state index contributed by atoms with van der Waals surface area (Å²) in [7, 11) is 0. The molecular formula is C30H22N4OS2. The highest BCUT2D eigenvalue weighted by atomic mass is 32.2. The van der Waals surface area contributed by atoms with Crippen molar-refractivity contribution in [3.05, 3.63) is 115 Å². The van der Waals surface area contributed by atoms with Crippen LogP contribution in [0.5, 0.6) is 0 Å². The molecule has 6 aromatic rings. The standard InChI is InChI=1S/C30H22N4OS2/c35-28(32-23-17-15-22(16-18-23)29-33-25-13-7-8-14-27(25)37-29)20-36-30-31-19-26(21-9-3-1-4-10-21)34(30)24-11-5-2-6-12-24/h1-19H,20H2,(H,32,35). The van der Waals surface area contributed by atoms with Gasteiger partial charge in [0.05, 0.1) is 27.9 Å². The number of benzene rings is 4. The second-order valence-electron chi connectivity index (χ2n) is 8.36. The number of imidazole rings is 1. The molecule has 0 aliphatic carbocycles. The van der Waals surface area contributed by atoms with E-state index >= 15 is 0 Å². The van der Waals surface area contributed by atoms with Gasteiger partial charge in [-0.2, -0.15) is 0 Å². The van der Waals surface area contributed by atoms with E-state index in [0.717, 1.165) is 48.6 Å². The number of thiazole rings is 1. The zero-order valence-electron chi connectivity index (χ0n) is 19.7. The SMILES string of the molecule is O=C(CSc1ncc(-c2ccccc2)n1-c1ccccc1)Nc1ccc(-c2nc3ccccc3s2)cc1. The zero-order valence-corrected chi connectivity index (χ0v) is 21.4. The Morgan fingerprint density at radius 1 is 0.811 bits per heavy atom. The van der Waals surface area contributed by atoms with Gasteiger partial charge in [-0.05, 0) is 48.5 Å². The summed E-state index contributed by atoms with van der Waals surface area (Å²) in [6.07, 6.45) is 1.86. The quantitative estimate of drug-likeness (QED) is 0.222. The Morgan fingerprint density at radius 2 is 1.51 bits per heavy atom. The van der Waals surface area contributed by atoms with Gasteiger partial charge in [-0.1, -0.05) is 72.4 Å². The van der Waals surface area contributed by atoms with E-state index < -0.39 is 0 Å². The molecule has 0 aliphatic rings. The first kappa shape index (κ1) is 23.2. The summed E-state index contributed by atoms with van der Waals surface area (Å²) in [5.41, 5.74) is 5.86.